The molecular weight excluding hydrogens is 498 g/mol. The van der Waals surface area contributed by atoms with Crippen LogP contribution in [0, 0.1) is 0 Å². The first-order valence-corrected chi connectivity index (χ1v) is 13.1. The SMILES string of the molecule is CCOC(=O)[C@@H](F)CC(I)CO[Si](c1ccccc1)(c1ccccc1)C(C)(C)C. The minimum absolute atomic E-state index is 0.0809. The maximum absolute atomic E-state index is 14.2. The molecular formula is C23H30FIO3Si. The highest BCUT2D eigenvalue weighted by atomic mass is 127. The third-order valence-electron chi connectivity index (χ3n) is 4.90. The fourth-order valence-electron chi connectivity index (χ4n) is 3.60. The van der Waals surface area contributed by atoms with Crippen molar-refractivity contribution in [2.24, 2.45) is 0 Å². The van der Waals surface area contributed by atoms with E-state index in [4.69, 9.17) is 9.16 Å². The Hall–Kier alpha value is -1.25. The summed E-state index contributed by atoms with van der Waals surface area (Å²) in [4.78, 5) is 11.6. The van der Waals surface area contributed by atoms with Crippen molar-refractivity contribution >= 4 is 47.3 Å². The number of esters is 1. The van der Waals surface area contributed by atoms with Gasteiger partial charge in [-0.2, -0.15) is 0 Å². The quantitative estimate of drug-likeness (QED) is 0.206. The molecule has 0 saturated heterocycles. The van der Waals surface area contributed by atoms with E-state index >= 15 is 0 Å². The van der Waals surface area contributed by atoms with Crippen LogP contribution in [-0.2, 0) is 14.0 Å². The number of alkyl halides is 2. The van der Waals surface area contributed by atoms with Gasteiger partial charge in [-0.25, -0.2) is 9.18 Å². The summed E-state index contributed by atoms with van der Waals surface area (Å²) >= 11 is 2.17. The molecule has 2 aromatic carbocycles. The van der Waals surface area contributed by atoms with Crippen molar-refractivity contribution in [2.45, 2.75) is 49.3 Å². The molecule has 2 rings (SSSR count). The van der Waals surface area contributed by atoms with Crippen LogP contribution < -0.4 is 10.4 Å². The van der Waals surface area contributed by atoms with Crippen molar-refractivity contribution in [3.05, 3.63) is 60.7 Å². The lowest BCUT2D eigenvalue weighted by Crippen LogP contribution is -2.67. The number of hydrogen-bond donors (Lipinski definition) is 0. The van der Waals surface area contributed by atoms with Gasteiger partial charge in [-0.15, -0.1) is 0 Å². The minimum atomic E-state index is -2.65. The first-order valence-electron chi connectivity index (χ1n) is 9.92. The lowest BCUT2D eigenvalue weighted by Gasteiger charge is -2.43. The monoisotopic (exact) mass is 528 g/mol. The normalized spacial score (nSPS) is 14.3. The molecule has 2 atom stereocenters. The molecule has 0 aliphatic rings. The number of halogens is 2. The highest BCUT2D eigenvalue weighted by molar-refractivity contribution is 14.1. The zero-order chi connectivity index (χ0) is 21.5. The van der Waals surface area contributed by atoms with E-state index in [1.165, 1.54) is 10.4 Å². The van der Waals surface area contributed by atoms with Gasteiger partial charge in [0, 0.05) is 17.0 Å². The summed E-state index contributed by atoms with van der Waals surface area (Å²) in [6.07, 6.45) is -1.54. The molecule has 0 aromatic heterocycles. The van der Waals surface area contributed by atoms with E-state index in [1.54, 1.807) is 6.92 Å². The van der Waals surface area contributed by atoms with Gasteiger partial charge in [0.05, 0.1) is 6.61 Å². The lowest BCUT2D eigenvalue weighted by atomic mass is 10.2. The summed E-state index contributed by atoms with van der Waals surface area (Å²) in [6, 6.07) is 20.7. The van der Waals surface area contributed by atoms with Crippen molar-refractivity contribution in [2.75, 3.05) is 13.2 Å². The average Bonchev–Trinajstić information content (AvgIpc) is 2.69. The molecule has 0 aliphatic carbocycles. The molecule has 6 heteroatoms. The Morgan fingerprint density at radius 2 is 1.52 bits per heavy atom. The Morgan fingerprint density at radius 1 is 1.03 bits per heavy atom. The summed E-state index contributed by atoms with van der Waals surface area (Å²) in [5, 5.41) is 2.23. The molecule has 3 nitrogen and oxygen atoms in total. The van der Waals surface area contributed by atoms with Crippen molar-refractivity contribution in [1.29, 1.82) is 0 Å². The van der Waals surface area contributed by atoms with Crippen LogP contribution in [0.3, 0.4) is 0 Å². The maximum atomic E-state index is 14.2. The topological polar surface area (TPSA) is 35.5 Å². The molecule has 0 amide bonds. The Balaban J connectivity index is 2.33. The Bertz CT molecular complexity index is 725. The van der Waals surface area contributed by atoms with Crippen LogP contribution in [0.25, 0.3) is 0 Å². The van der Waals surface area contributed by atoms with Gasteiger partial charge < -0.3 is 9.16 Å². The third-order valence-corrected chi connectivity index (χ3v) is 10.8. The largest absolute Gasteiger partial charge is 0.464 e. The van der Waals surface area contributed by atoms with Gasteiger partial charge in [0.1, 0.15) is 0 Å². The van der Waals surface area contributed by atoms with E-state index in [0.29, 0.717) is 6.61 Å². The first kappa shape index (κ1) is 24.0. The second kappa shape index (κ2) is 10.7. The lowest BCUT2D eigenvalue weighted by molar-refractivity contribution is -0.149. The van der Waals surface area contributed by atoms with Gasteiger partial charge in [-0.1, -0.05) is 104 Å². The Morgan fingerprint density at radius 3 is 1.93 bits per heavy atom. The van der Waals surface area contributed by atoms with Crippen molar-refractivity contribution in [3.63, 3.8) is 0 Å². The number of carbonyl (C=O) groups is 1. The summed E-state index contributed by atoms with van der Waals surface area (Å²) < 4.78 is 25.6. The molecule has 0 bridgehead atoms. The van der Waals surface area contributed by atoms with Gasteiger partial charge >= 0.3 is 5.97 Å². The number of carbonyl (C=O) groups excluding carboxylic acids is 1. The predicted octanol–water partition coefficient (Wildman–Crippen LogP) is 4.66. The van der Waals surface area contributed by atoms with E-state index < -0.39 is 20.5 Å². The highest BCUT2D eigenvalue weighted by Crippen LogP contribution is 2.37. The van der Waals surface area contributed by atoms with Crippen LogP contribution in [0.1, 0.15) is 34.1 Å². The fraction of sp³-hybridized carbons (Fsp3) is 0.435. The molecule has 1 unspecified atom stereocenters. The van der Waals surface area contributed by atoms with Crippen molar-refractivity contribution < 1.29 is 18.3 Å². The minimum Gasteiger partial charge on any atom is -0.464 e. The van der Waals surface area contributed by atoms with E-state index in [2.05, 4.69) is 67.6 Å². The molecule has 29 heavy (non-hydrogen) atoms. The van der Waals surface area contributed by atoms with Gasteiger partial charge in [-0.05, 0) is 22.3 Å². The zero-order valence-electron chi connectivity index (χ0n) is 17.5. The third kappa shape index (κ3) is 5.89. The van der Waals surface area contributed by atoms with Crippen molar-refractivity contribution in [1.82, 2.24) is 0 Å². The van der Waals surface area contributed by atoms with Crippen LogP contribution in [0.5, 0.6) is 0 Å². The van der Waals surface area contributed by atoms with Crippen molar-refractivity contribution in [3.8, 4) is 0 Å². The molecule has 0 radical (unpaired) electrons. The predicted molar refractivity (Wildman–Crippen MR) is 128 cm³/mol. The van der Waals surface area contributed by atoms with Crippen LogP contribution in [0.4, 0.5) is 4.39 Å². The zero-order valence-corrected chi connectivity index (χ0v) is 20.7. The molecule has 0 fully saturated rings. The molecule has 158 valence electrons. The summed E-state index contributed by atoms with van der Waals surface area (Å²) in [5.41, 5.74) is 0. The molecule has 0 saturated carbocycles. The smallest absolute Gasteiger partial charge is 0.340 e. The summed E-state index contributed by atoms with van der Waals surface area (Å²) in [5.74, 6) is -0.792. The second-order valence-corrected chi connectivity index (χ2v) is 14.1. The van der Waals surface area contributed by atoms with Gasteiger partial charge in [0.25, 0.3) is 8.32 Å². The van der Waals surface area contributed by atoms with Crippen LogP contribution >= 0.6 is 22.6 Å². The van der Waals surface area contributed by atoms with Gasteiger partial charge in [0.2, 0.25) is 0 Å². The van der Waals surface area contributed by atoms with Gasteiger partial charge in [0.15, 0.2) is 6.17 Å². The number of benzene rings is 2. The van der Waals surface area contributed by atoms with E-state index in [-0.39, 0.29) is 22.0 Å². The van der Waals surface area contributed by atoms with Crippen LogP contribution in [0.2, 0.25) is 5.04 Å². The Kier molecular flexibility index (Phi) is 8.85. The molecule has 0 aliphatic heterocycles. The standard InChI is InChI=1S/C23H30FIO3Si/c1-5-27-22(26)21(24)16-18(25)17-28-29(23(2,3)4,19-12-8-6-9-13-19)20-14-10-7-11-15-20/h6-15,18,21H,5,16-17H2,1-4H3/t18?,21-/m0/s1. The summed E-state index contributed by atoms with van der Waals surface area (Å²) in [7, 11) is -2.65. The maximum Gasteiger partial charge on any atom is 0.340 e. The average molecular weight is 528 g/mol. The number of ether oxygens (including phenoxy) is 1. The molecule has 2 aromatic rings. The number of hydrogen-bond acceptors (Lipinski definition) is 3. The summed E-state index contributed by atoms with van der Waals surface area (Å²) in [6.45, 7) is 8.85. The molecule has 0 heterocycles. The van der Waals surface area contributed by atoms with Crippen LogP contribution in [0.15, 0.2) is 60.7 Å². The first-order chi connectivity index (χ1) is 13.7. The van der Waals surface area contributed by atoms with Gasteiger partial charge in [-0.3, -0.25) is 0 Å². The van der Waals surface area contributed by atoms with E-state index in [0.717, 1.165) is 0 Å². The van der Waals surface area contributed by atoms with E-state index in [1.807, 2.05) is 36.4 Å². The Labute approximate surface area is 188 Å². The highest BCUT2D eigenvalue weighted by Gasteiger charge is 2.50. The molecule has 0 spiro atoms. The fourth-order valence-corrected chi connectivity index (χ4v) is 9.17. The second-order valence-electron chi connectivity index (χ2n) is 8.03. The van der Waals surface area contributed by atoms with Crippen LogP contribution in [-0.4, -0.2) is 37.6 Å². The number of rotatable bonds is 9. The van der Waals surface area contributed by atoms with E-state index in [9.17, 15) is 9.18 Å². The molecule has 0 N–H and O–H groups in total.